The zero-order valence-electron chi connectivity index (χ0n) is 11.8. The minimum Gasteiger partial charge on any atom is -0.378 e. The van der Waals surface area contributed by atoms with Crippen molar-refractivity contribution in [1.82, 2.24) is 0 Å². The van der Waals surface area contributed by atoms with E-state index in [1.54, 1.807) is 0 Å². The van der Waals surface area contributed by atoms with Crippen LogP contribution in [0.25, 0.3) is 0 Å². The Morgan fingerprint density at radius 1 is 1.33 bits per heavy atom. The van der Waals surface area contributed by atoms with Crippen molar-refractivity contribution in [3.05, 3.63) is 0 Å². The first-order valence-electron chi connectivity index (χ1n) is 7.59. The molecule has 1 rings (SSSR count). The molecule has 2 N–H and O–H groups in total. The van der Waals surface area contributed by atoms with Crippen LogP contribution >= 0.6 is 0 Å². The molecule has 1 saturated heterocycles. The highest BCUT2D eigenvalue weighted by Crippen LogP contribution is 2.20. The average Bonchev–Trinajstić information content (AvgIpc) is 2.87. The Balaban J connectivity index is 2.10. The fourth-order valence-corrected chi connectivity index (χ4v) is 2.76. The fraction of sp³-hybridized carbons (Fsp3) is 0.933. The molecule has 0 bridgehead atoms. The first kappa shape index (κ1) is 15.6. The number of ketones is 1. The van der Waals surface area contributed by atoms with Gasteiger partial charge in [0, 0.05) is 19.4 Å². The van der Waals surface area contributed by atoms with Crippen LogP contribution in [0.1, 0.15) is 64.7 Å². The van der Waals surface area contributed by atoms with Gasteiger partial charge in [-0.3, -0.25) is 4.79 Å². The van der Waals surface area contributed by atoms with Crippen LogP contribution in [0.5, 0.6) is 0 Å². The van der Waals surface area contributed by atoms with Crippen LogP contribution in [0, 0.1) is 5.92 Å². The largest absolute Gasteiger partial charge is 0.378 e. The molecule has 0 saturated carbocycles. The van der Waals surface area contributed by atoms with Gasteiger partial charge in [-0.15, -0.1) is 0 Å². The molecule has 106 valence electrons. The molecule has 0 aromatic rings. The van der Waals surface area contributed by atoms with E-state index in [1.165, 1.54) is 12.8 Å². The zero-order valence-corrected chi connectivity index (χ0v) is 11.8. The normalized spacial score (nSPS) is 21.1. The number of rotatable bonds is 10. The molecule has 1 aliphatic heterocycles. The summed E-state index contributed by atoms with van der Waals surface area (Å²) >= 11 is 0. The highest BCUT2D eigenvalue weighted by molar-refractivity contribution is 5.78. The number of ether oxygens (including phenoxy) is 1. The van der Waals surface area contributed by atoms with Crippen molar-refractivity contribution in [1.29, 1.82) is 0 Å². The molecular formula is C15H29NO2. The van der Waals surface area contributed by atoms with Crippen molar-refractivity contribution in [2.45, 2.75) is 70.8 Å². The van der Waals surface area contributed by atoms with Gasteiger partial charge in [-0.25, -0.2) is 0 Å². The minimum atomic E-state index is 0.351. The Morgan fingerprint density at radius 3 is 2.78 bits per heavy atom. The minimum absolute atomic E-state index is 0.351. The monoisotopic (exact) mass is 255 g/mol. The van der Waals surface area contributed by atoms with E-state index in [0.717, 1.165) is 51.7 Å². The van der Waals surface area contributed by atoms with E-state index < -0.39 is 0 Å². The molecule has 2 atom stereocenters. The summed E-state index contributed by atoms with van der Waals surface area (Å²) in [5, 5.41) is 0. The van der Waals surface area contributed by atoms with E-state index in [0.29, 0.717) is 24.2 Å². The van der Waals surface area contributed by atoms with Crippen LogP contribution in [-0.4, -0.2) is 25.0 Å². The van der Waals surface area contributed by atoms with Crippen LogP contribution < -0.4 is 5.73 Å². The zero-order chi connectivity index (χ0) is 13.2. The van der Waals surface area contributed by atoms with Crippen molar-refractivity contribution >= 4 is 5.78 Å². The number of Topliss-reactive ketones (excluding diaryl/α,β-unsaturated/α-hetero) is 1. The van der Waals surface area contributed by atoms with Crippen molar-refractivity contribution in [3.8, 4) is 0 Å². The summed E-state index contributed by atoms with van der Waals surface area (Å²) in [5.74, 6) is 1.05. The maximum atomic E-state index is 11.8. The van der Waals surface area contributed by atoms with Crippen molar-refractivity contribution in [2.24, 2.45) is 11.7 Å². The van der Waals surface area contributed by atoms with Gasteiger partial charge in [-0.2, -0.15) is 0 Å². The number of nitrogens with two attached hydrogens (primary N) is 1. The molecule has 1 fully saturated rings. The first-order chi connectivity index (χ1) is 8.76. The maximum Gasteiger partial charge on any atom is 0.133 e. The lowest BCUT2D eigenvalue weighted by molar-refractivity contribution is -0.120. The van der Waals surface area contributed by atoms with Gasteiger partial charge in [0.1, 0.15) is 5.78 Å². The molecule has 0 aromatic carbocycles. The Hall–Kier alpha value is -0.410. The first-order valence-corrected chi connectivity index (χ1v) is 7.59. The molecule has 1 aliphatic rings. The lowest BCUT2D eigenvalue weighted by Gasteiger charge is -2.14. The van der Waals surface area contributed by atoms with Gasteiger partial charge in [0.05, 0.1) is 6.10 Å². The maximum absolute atomic E-state index is 11.8. The smallest absolute Gasteiger partial charge is 0.133 e. The summed E-state index contributed by atoms with van der Waals surface area (Å²) in [6.07, 6.45) is 9.49. The summed E-state index contributed by atoms with van der Waals surface area (Å²) in [6, 6.07) is 0. The summed E-state index contributed by atoms with van der Waals surface area (Å²) in [5.41, 5.74) is 5.61. The van der Waals surface area contributed by atoms with Gasteiger partial charge in [0.25, 0.3) is 0 Å². The number of carbonyl (C=O) groups excluding carboxylic acids is 1. The van der Waals surface area contributed by atoms with Gasteiger partial charge < -0.3 is 10.5 Å². The van der Waals surface area contributed by atoms with Crippen molar-refractivity contribution in [2.75, 3.05) is 13.2 Å². The summed E-state index contributed by atoms with van der Waals surface area (Å²) < 4.78 is 5.54. The Morgan fingerprint density at radius 2 is 2.17 bits per heavy atom. The highest BCUT2D eigenvalue weighted by atomic mass is 16.5. The number of carbonyl (C=O) groups is 1. The van der Waals surface area contributed by atoms with Crippen LogP contribution in [0.4, 0.5) is 0 Å². The molecular weight excluding hydrogens is 226 g/mol. The second-order valence-electron chi connectivity index (χ2n) is 5.48. The van der Waals surface area contributed by atoms with E-state index >= 15 is 0 Å². The number of hydrogen-bond acceptors (Lipinski definition) is 3. The van der Waals surface area contributed by atoms with Gasteiger partial charge in [0.15, 0.2) is 0 Å². The van der Waals surface area contributed by atoms with Gasteiger partial charge >= 0.3 is 0 Å². The summed E-state index contributed by atoms with van der Waals surface area (Å²) in [4.78, 5) is 11.8. The molecule has 0 amide bonds. The molecule has 0 spiro atoms. The quantitative estimate of drug-likeness (QED) is 0.652. The molecule has 3 nitrogen and oxygen atoms in total. The van der Waals surface area contributed by atoms with E-state index in [-0.39, 0.29) is 0 Å². The Labute approximate surface area is 111 Å². The molecule has 1 heterocycles. The molecule has 3 heteroatoms. The highest BCUT2D eigenvalue weighted by Gasteiger charge is 2.17. The molecule has 0 radical (unpaired) electrons. The lowest BCUT2D eigenvalue weighted by atomic mass is 9.92. The van der Waals surface area contributed by atoms with E-state index in [4.69, 9.17) is 10.5 Å². The summed E-state index contributed by atoms with van der Waals surface area (Å²) in [6.45, 7) is 3.82. The Bertz CT molecular complexity index is 219. The van der Waals surface area contributed by atoms with Gasteiger partial charge in [-0.1, -0.05) is 19.8 Å². The third-order valence-electron chi connectivity index (χ3n) is 3.87. The van der Waals surface area contributed by atoms with Crippen LogP contribution in [0.3, 0.4) is 0 Å². The van der Waals surface area contributed by atoms with Gasteiger partial charge in [0.2, 0.25) is 0 Å². The predicted molar refractivity (Wildman–Crippen MR) is 74.5 cm³/mol. The van der Waals surface area contributed by atoms with E-state index in [1.807, 2.05) is 0 Å². The van der Waals surface area contributed by atoms with E-state index in [2.05, 4.69) is 6.92 Å². The summed E-state index contributed by atoms with van der Waals surface area (Å²) in [7, 11) is 0. The SMILES string of the molecule is CCCC(CCN)CCC(=O)CCC1CCCO1. The average molecular weight is 255 g/mol. The standard InChI is InChI=1S/C15H29NO2/c1-2-4-13(10-11-16)6-7-14(17)8-9-15-5-3-12-18-15/h13,15H,2-12,16H2,1H3. The second-order valence-corrected chi connectivity index (χ2v) is 5.48. The third kappa shape index (κ3) is 6.50. The molecule has 0 aliphatic carbocycles. The van der Waals surface area contributed by atoms with Gasteiger partial charge in [-0.05, 0) is 44.6 Å². The van der Waals surface area contributed by atoms with E-state index in [9.17, 15) is 4.79 Å². The number of hydrogen-bond donors (Lipinski definition) is 1. The molecule has 2 unspecified atom stereocenters. The van der Waals surface area contributed by atoms with Crippen molar-refractivity contribution < 1.29 is 9.53 Å². The van der Waals surface area contributed by atoms with Crippen LogP contribution in [-0.2, 0) is 9.53 Å². The Kier molecular flexibility index (Phi) is 8.27. The molecule has 18 heavy (non-hydrogen) atoms. The van der Waals surface area contributed by atoms with Crippen LogP contribution in [0.2, 0.25) is 0 Å². The molecule has 0 aromatic heterocycles. The topological polar surface area (TPSA) is 52.3 Å². The lowest BCUT2D eigenvalue weighted by Crippen LogP contribution is -2.12. The second kappa shape index (κ2) is 9.51. The van der Waals surface area contributed by atoms with Crippen molar-refractivity contribution in [3.63, 3.8) is 0 Å². The third-order valence-corrected chi connectivity index (χ3v) is 3.87. The van der Waals surface area contributed by atoms with Crippen LogP contribution in [0.15, 0.2) is 0 Å². The predicted octanol–water partition coefficient (Wildman–Crippen LogP) is 3.06. The fourth-order valence-electron chi connectivity index (χ4n) is 2.76.